The van der Waals surface area contributed by atoms with Crippen LogP contribution in [0.4, 0.5) is 0 Å². The zero-order valence-corrected chi connectivity index (χ0v) is 12.3. The summed E-state index contributed by atoms with van der Waals surface area (Å²) in [5.74, 6) is 0.536. The summed E-state index contributed by atoms with van der Waals surface area (Å²) < 4.78 is 1.90. The third-order valence-electron chi connectivity index (χ3n) is 3.43. The van der Waals surface area contributed by atoms with E-state index >= 15 is 0 Å². The molecule has 3 rings (SSSR count). The molecule has 0 saturated carbocycles. The lowest BCUT2D eigenvalue weighted by atomic mass is 10.1. The molecule has 0 radical (unpaired) electrons. The zero-order valence-electron chi connectivity index (χ0n) is 12.3. The van der Waals surface area contributed by atoms with Crippen molar-refractivity contribution in [3.63, 3.8) is 0 Å². The minimum atomic E-state index is -0.202. The van der Waals surface area contributed by atoms with Gasteiger partial charge in [0.15, 0.2) is 11.5 Å². The third kappa shape index (κ3) is 2.81. The van der Waals surface area contributed by atoms with Gasteiger partial charge in [-0.05, 0) is 30.7 Å². The van der Waals surface area contributed by atoms with Crippen molar-refractivity contribution in [1.29, 1.82) is 0 Å². The van der Waals surface area contributed by atoms with Crippen molar-refractivity contribution in [1.82, 2.24) is 24.9 Å². The van der Waals surface area contributed by atoms with Gasteiger partial charge in [-0.1, -0.05) is 25.5 Å². The first-order chi connectivity index (χ1) is 10.8. The highest BCUT2D eigenvalue weighted by Gasteiger charge is 2.20. The van der Waals surface area contributed by atoms with Crippen LogP contribution in [0, 0.1) is 0 Å². The molecule has 0 spiro atoms. The van der Waals surface area contributed by atoms with E-state index in [2.05, 4.69) is 27.4 Å². The van der Waals surface area contributed by atoms with Crippen LogP contribution >= 0.6 is 0 Å². The quantitative estimate of drug-likeness (QED) is 0.784. The van der Waals surface area contributed by atoms with Crippen LogP contribution in [-0.2, 0) is 0 Å². The number of carbonyl (C=O) groups is 1. The van der Waals surface area contributed by atoms with E-state index < -0.39 is 0 Å². The molecule has 112 valence electrons. The molecule has 6 nitrogen and oxygen atoms in total. The van der Waals surface area contributed by atoms with E-state index in [1.165, 1.54) is 0 Å². The van der Waals surface area contributed by atoms with E-state index in [0.717, 1.165) is 24.3 Å². The number of nitrogens with zero attached hydrogens (tertiary/aromatic N) is 4. The Bertz CT molecular complexity index is 768. The number of nitrogens with one attached hydrogen (secondary N) is 1. The van der Waals surface area contributed by atoms with Gasteiger partial charge in [0.1, 0.15) is 5.69 Å². The molecule has 0 aromatic carbocycles. The van der Waals surface area contributed by atoms with Crippen molar-refractivity contribution in [2.45, 2.75) is 25.8 Å². The van der Waals surface area contributed by atoms with E-state index in [9.17, 15) is 4.79 Å². The Morgan fingerprint density at radius 1 is 1.23 bits per heavy atom. The first-order valence-corrected chi connectivity index (χ1v) is 7.31. The van der Waals surface area contributed by atoms with Gasteiger partial charge in [-0.2, -0.15) is 0 Å². The first kappa shape index (κ1) is 14.2. The second-order valence-electron chi connectivity index (χ2n) is 5.02. The van der Waals surface area contributed by atoms with Crippen LogP contribution in [0.5, 0.6) is 0 Å². The molecule has 3 aromatic heterocycles. The lowest BCUT2D eigenvalue weighted by molar-refractivity contribution is 0.0927. The predicted molar refractivity (Wildman–Crippen MR) is 82.3 cm³/mol. The van der Waals surface area contributed by atoms with Gasteiger partial charge in [0.2, 0.25) is 0 Å². The molecule has 3 heterocycles. The molecule has 0 bridgehead atoms. The maximum Gasteiger partial charge on any atom is 0.270 e. The second-order valence-corrected chi connectivity index (χ2v) is 5.02. The van der Waals surface area contributed by atoms with Gasteiger partial charge in [-0.25, -0.2) is 0 Å². The summed E-state index contributed by atoms with van der Waals surface area (Å²) in [5.41, 5.74) is 1.17. The molecule has 0 aliphatic heterocycles. The average Bonchev–Trinajstić information content (AvgIpc) is 2.99. The summed E-state index contributed by atoms with van der Waals surface area (Å²) >= 11 is 0. The van der Waals surface area contributed by atoms with E-state index in [1.807, 2.05) is 28.8 Å². The highest BCUT2D eigenvalue weighted by molar-refractivity contribution is 5.92. The number of rotatable bonds is 5. The number of hydrogen-bond acceptors (Lipinski definition) is 4. The van der Waals surface area contributed by atoms with Gasteiger partial charge >= 0.3 is 0 Å². The van der Waals surface area contributed by atoms with Crippen LogP contribution in [0.1, 0.15) is 42.1 Å². The van der Waals surface area contributed by atoms with E-state index in [-0.39, 0.29) is 11.9 Å². The Morgan fingerprint density at radius 3 is 2.86 bits per heavy atom. The topological polar surface area (TPSA) is 72.2 Å². The van der Waals surface area contributed by atoms with Crippen molar-refractivity contribution < 1.29 is 4.79 Å². The van der Waals surface area contributed by atoms with Crippen LogP contribution in [0.15, 0.2) is 48.8 Å². The fraction of sp³-hybridized carbons (Fsp3) is 0.250. The summed E-state index contributed by atoms with van der Waals surface area (Å²) in [6.45, 7) is 2.07. The third-order valence-corrected chi connectivity index (χ3v) is 3.43. The number of pyridine rings is 2. The Balaban J connectivity index is 1.88. The minimum Gasteiger partial charge on any atom is -0.341 e. The molecular formula is C16H17N5O. The van der Waals surface area contributed by atoms with Gasteiger partial charge in [0, 0.05) is 12.4 Å². The molecular weight excluding hydrogens is 278 g/mol. The Morgan fingerprint density at radius 2 is 2.09 bits per heavy atom. The van der Waals surface area contributed by atoms with E-state index in [4.69, 9.17) is 0 Å². The Hall–Kier alpha value is -2.76. The van der Waals surface area contributed by atoms with Gasteiger partial charge in [0.05, 0.1) is 6.04 Å². The zero-order chi connectivity index (χ0) is 15.4. The van der Waals surface area contributed by atoms with Gasteiger partial charge < -0.3 is 5.32 Å². The summed E-state index contributed by atoms with van der Waals surface area (Å²) in [5, 5.41) is 11.4. The van der Waals surface area contributed by atoms with E-state index in [1.54, 1.807) is 24.4 Å². The standard InChI is InChI=1S/C16H17N5O/c1-2-7-12(18-16(22)13-8-3-5-10-17-13)15-20-19-14-9-4-6-11-21(14)15/h3-6,8-12H,2,7H2,1H3,(H,18,22)/t12-/m1/s1. The number of hydrogen-bond donors (Lipinski definition) is 1. The molecule has 1 N–H and O–H groups in total. The van der Waals surface area contributed by atoms with Crippen molar-refractivity contribution in [3.8, 4) is 0 Å². The Kier molecular flexibility index (Phi) is 4.09. The molecule has 0 aliphatic rings. The molecule has 22 heavy (non-hydrogen) atoms. The average molecular weight is 295 g/mol. The van der Waals surface area contributed by atoms with Gasteiger partial charge in [0.25, 0.3) is 5.91 Å². The normalized spacial score (nSPS) is 12.2. The predicted octanol–water partition coefficient (Wildman–Crippen LogP) is 2.40. The van der Waals surface area contributed by atoms with Gasteiger partial charge in [-0.3, -0.25) is 14.2 Å². The fourth-order valence-corrected chi connectivity index (χ4v) is 2.38. The number of carbonyl (C=O) groups excluding carboxylic acids is 1. The fourth-order valence-electron chi connectivity index (χ4n) is 2.38. The first-order valence-electron chi connectivity index (χ1n) is 7.31. The summed E-state index contributed by atoms with van der Waals surface area (Å²) in [6, 6.07) is 10.8. The molecule has 1 atom stereocenters. The Labute approximate surface area is 128 Å². The molecule has 0 saturated heterocycles. The summed E-state index contributed by atoms with van der Waals surface area (Å²) in [7, 11) is 0. The highest BCUT2D eigenvalue weighted by atomic mass is 16.1. The monoisotopic (exact) mass is 295 g/mol. The molecule has 3 aromatic rings. The molecule has 6 heteroatoms. The SMILES string of the molecule is CCC[C@@H](NC(=O)c1ccccn1)c1nnc2ccccn12. The van der Waals surface area contributed by atoms with Crippen molar-refractivity contribution in [3.05, 3.63) is 60.3 Å². The molecule has 0 fully saturated rings. The number of aromatic nitrogens is 4. The van der Waals surface area contributed by atoms with Crippen molar-refractivity contribution in [2.24, 2.45) is 0 Å². The maximum absolute atomic E-state index is 12.3. The van der Waals surface area contributed by atoms with Crippen molar-refractivity contribution >= 4 is 11.6 Å². The maximum atomic E-state index is 12.3. The number of fused-ring (bicyclic) bond motifs is 1. The lowest BCUT2D eigenvalue weighted by Crippen LogP contribution is -2.30. The van der Waals surface area contributed by atoms with Crippen molar-refractivity contribution in [2.75, 3.05) is 0 Å². The van der Waals surface area contributed by atoms with Crippen LogP contribution in [-0.4, -0.2) is 25.5 Å². The molecule has 0 unspecified atom stereocenters. The van der Waals surface area contributed by atoms with Crippen LogP contribution < -0.4 is 5.32 Å². The number of amides is 1. The smallest absolute Gasteiger partial charge is 0.270 e. The minimum absolute atomic E-state index is 0.197. The van der Waals surface area contributed by atoms with E-state index in [0.29, 0.717) is 5.69 Å². The summed E-state index contributed by atoms with van der Waals surface area (Å²) in [6.07, 6.45) is 5.22. The summed E-state index contributed by atoms with van der Waals surface area (Å²) in [4.78, 5) is 16.4. The van der Waals surface area contributed by atoms with Crippen LogP contribution in [0.2, 0.25) is 0 Å². The molecule has 1 amide bonds. The van der Waals surface area contributed by atoms with Crippen LogP contribution in [0.3, 0.4) is 0 Å². The lowest BCUT2D eigenvalue weighted by Gasteiger charge is -2.16. The highest BCUT2D eigenvalue weighted by Crippen LogP contribution is 2.18. The second kappa shape index (κ2) is 6.34. The largest absolute Gasteiger partial charge is 0.341 e. The van der Waals surface area contributed by atoms with Crippen LogP contribution in [0.25, 0.3) is 5.65 Å². The molecule has 0 aliphatic carbocycles. The van der Waals surface area contributed by atoms with Gasteiger partial charge in [-0.15, -0.1) is 10.2 Å².